The average Bonchev–Trinajstić information content (AvgIpc) is 3.49. The highest BCUT2D eigenvalue weighted by molar-refractivity contribution is 5.99. The van der Waals surface area contributed by atoms with E-state index in [9.17, 15) is 9.59 Å². The van der Waals surface area contributed by atoms with Crippen molar-refractivity contribution in [2.45, 2.75) is 12.5 Å². The van der Waals surface area contributed by atoms with Gasteiger partial charge < -0.3 is 29.8 Å². The van der Waals surface area contributed by atoms with Crippen molar-refractivity contribution in [2.75, 3.05) is 19.2 Å². The molecule has 1 aliphatic rings. The Morgan fingerprint density at radius 2 is 1.82 bits per heavy atom. The highest BCUT2D eigenvalue weighted by Crippen LogP contribution is 2.34. The summed E-state index contributed by atoms with van der Waals surface area (Å²) >= 11 is 0. The second-order valence-electron chi connectivity index (χ2n) is 7.87. The van der Waals surface area contributed by atoms with Crippen LogP contribution < -0.4 is 24.8 Å². The van der Waals surface area contributed by atoms with Gasteiger partial charge in [-0.05, 0) is 41.5 Å². The smallest absolute Gasteiger partial charge is 0.251 e. The number of benzene rings is 3. The Morgan fingerprint density at radius 1 is 1.03 bits per heavy atom. The molecular weight excluding hydrogens is 434 g/mol. The lowest BCUT2D eigenvalue weighted by Gasteiger charge is -2.19. The number of amides is 2. The molecule has 8 heteroatoms. The molecule has 34 heavy (non-hydrogen) atoms. The number of aromatic nitrogens is 1. The van der Waals surface area contributed by atoms with E-state index in [2.05, 4.69) is 15.6 Å². The number of nitrogens with one attached hydrogen (secondary N) is 3. The number of fused-ring (bicyclic) bond motifs is 2. The number of aromatic amines is 1. The number of carbonyl (C=O) groups is 2. The molecule has 0 aliphatic carbocycles. The van der Waals surface area contributed by atoms with Crippen molar-refractivity contribution < 1.29 is 23.8 Å². The van der Waals surface area contributed by atoms with Crippen LogP contribution in [0, 0.1) is 0 Å². The molecule has 0 spiro atoms. The Balaban J connectivity index is 1.37. The largest absolute Gasteiger partial charge is 0.497 e. The molecule has 1 unspecified atom stereocenters. The molecule has 0 bridgehead atoms. The molecule has 1 aromatic heterocycles. The van der Waals surface area contributed by atoms with E-state index in [0.29, 0.717) is 28.5 Å². The first kappa shape index (κ1) is 21.4. The second kappa shape index (κ2) is 9.19. The maximum Gasteiger partial charge on any atom is 0.251 e. The van der Waals surface area contributed by atoms with Crippen LogP contribution in [-0.2, 0) is 16.0 Å². The van der Waals surface area contributed by atoms with Gasteiger partial charge in [-0.15, -0.1) is 0 Å². The van der Waals surface area contributed by atoms with Gasteiger partial charge in [0.05, 0.1) is 13.5 Å². The van der Waals surface area contributed by atoms with Crippen molar-refractivity contribution in [3.63, 3.8) is 0 Å². The van der Waals surface area contributed by atoms with Crippen molar-refractivity contribution in [3.05, 3.63) is 84.1 Å². The minimum atomic E-state index is -0.908. The van der Waals surface area contributed by atoms with E-state index in [1.807, 2.05) is 30.5 Å². The zero-order valence-corrected chi connectivity index (χ0v) is 18.5. The van der Waals surface area contributed by atoms with Crippen LogP contribution in [0.15, 0.2) is 72.9 Å². The van der Waals surface area contributed by atoms with E-state index in [0.717, 1.165) is 16.5 Å². The molecule has 0 radical (unpaired) electrons. The summed E-state index contributed by atoms with van der Waals surface area (Å²) in [6, 6.07) is 19.0. The molecule has 0 saturated carbocycles. The molecule has 172 valence electrons. The summed E-state index contributed by atoms with van der Waals surface area (Å²) < 4.78 is 15.9. The van der Waals surface area contributed by atoms with E-state index >= 15 is 0 Å². The molecule has 1 aliphatic heterocycles. The lowest BCUT2D eigenvalue weighted by atomic mass is 10.0. The van der Waals surface area contributed by atoms with Gasteiger partial charge in [0, 0.05) is 28.9 Å². The minimum Gasteiger partial charge on any atom is -0.497 e. The van der Waals surface area contributed by atoms with Crippen LogP contribution in [0.5, 0.6) is 17.2 Å². The molecular formula is C26H23N3O5. The van der Waals surface area contributed by atoms with Crippen molar-refractivity contribution in [2.24, 2.45) is 0 Å². The van der Waals surface area contributed by atoms with Crippen molar-refractivity contribution in [1.29, 1.82) is 0 Å². The number of methoxy groups -OCH3 is 1. The van der Waals surface area contributed by atoms with E-state index in [-0.39, 0.29) is 25.0 Å². The summed E-state index contributed by atoms with van der Waals surface area (Å²) in [6.07, 6.45) is 1.95. The van der Waals surface area contributed by atoms with Crippen LogP contribution in [0.25, 0.3) is 10.9 Å². The van der Waals surface area contributed by atoms with E-state index < -0.39 is 6.04 Å². The first-order valence-corrected chi connectivity index (χ1v) is 10.8. The van der Waals surface area contributed by atoms with Gasteiger partial charge >= 0.3 is 0 Å². The maximum absolute atomic E-state index is 13.3. The Labute approximate surface area is 195 Å². The van der Waals surface area contributed by atoms with Crippen LogP contribution in [0.3, 0.4) is 0 Å². The molecule has 3 N–H and O–H groups in total. The van der Waals surface area contributed by atoms with Crippen LogP contribution in [0.4, 0.5) is 5.69 Å². The molecule has 8 nitrogen and oxygen atoms in total. The van der Waals surface area contributed by atoms with Gasteiger partial charge in [-0.25, -0.2) is 0 Å². The molecule has 3 aromatic carbocycles. The average molecular weight is 457 g/mol. The van der Waals surface area contributed by atoms with Crippen LogP contribution in [0.1, 0.15) is 17.2 Å². The normalized spacial score (nSPS) is 12.9. The topological polar surface area (TPSA) is 102 Å². The van der Waals surface area contributed by atoms with E-state index in [1.165, 1.54) is 0 Å². The predicted octanol–water partition coefficient (Wildman–Crippen LogP) is 3.94. The van der Waals surface area contributed by atoms with Crippen LogP contribution >= 0.6 is 0 Å². The number of hydrogen-bond donors (Lipinski definition) is 3. The quantitative estimate of drug-likeness (QED) is 0.390. The Bertz CT molecular complexity index is 1350. The van der Waals surface area contributed by atoms with Gasteiger partial charge in [0.15, 0.2) is 11.5 Å². The van der Waals surface area contributed by atoms with Gasteiger partial charge in [-0.2, -0.15) is 0 Å². The van der Waals surface area contributed by atoms with E-state index in [4.69, 9.17) is 14.2 Å². The van der Waals surface area contributed by atoms with Crippen LogP contribution in [-0.4, -0.2) is 30.7 Å². The van der Waals surface area contributed by atoms with Gasteiger partial charge in [-0.1, -0.05) is 30.3 Å². The first-order chi connectivity index (χ1) is 16.6. The Kier molecular flexibility index (Phi) is 5.78. The molecule has 0 saturated heterocycles. The van der Waals surface area contributed by atoms with Crippen molar-refractivity contribution in [3.8, 4) is 17.2 Å². The zero-order valence-electron chi connectivity index (χ0n) is 18.5. The van der Waals surface area contributed by atoms with E-state index in [1.54, 1.807) is 49.6 Å². The fourth-order valence-electron chi connectivity index (χ4n) is 3.95. The fraction of sp³-hybridized carbons (Fsp3) is 0.154. The fourth-order valence-corrected chi connectivity index (χ4v) is 3.95. The lowest BCUT2D eigenvalue weighted by molar-refractivity contribution is -0.126. The third-order valence-electron chi connectivity index (χ3n) is 5.68. The minimum absolute atomic E-state index is 0.133. The standard InChI is InChI=1S/C26H23N3O5/c1-32-19-9-6-16(7-10-19)25(26(31)28-18-8-11-22-23(13-18)34-15-33-22)29-24(30)12-17-14-27-21-5-3-2-4-20(17)21/h2-11,13-14,25,27H,12,15H2,1H3,(H,28,31)(H,29,30). The molecule has 2 heterocycles. The number of ether oxygens (including phenoxy) is 3. The van der Waals surface area contributed by atoms with Gasteiger partial charge in [0.2, 0.25) is 12.7 Å². The predicted molar refractivity (Wildman–Crippen MR) is 127 cm³/mol. The highest BCUT2D eigenvalue weighted by atomic mass is 16.7. The summed E-state index contributed by atoms with van der Waals surface area (Å²) in [5.74, 6) is 1.19. The summed E-state index contributed by atoms with van der Waals surface area (Å²) in [7, 11) is 1.57. The lowest BCUT2D eigenvalue weighted by Crippen LogP contribution is -2.37. The molecule has 1 atom stereocenters. The monoisotopic (exact) mass is 457 g/mol. The third-order valence-corrected chi connectivity index (χ3v) is 5.68. The molecule has 4 aromatic rings. The van der Waals surface area contributed by atoms with Crippen molar-refractivity contribution >= 4 is 28.4 Å². The second-order valence-corrected chi connectivity index (χ2v) is 7.87. The van der Waals surface area contributed by atoms with Crippen LogP contribution in [0.2, 0.25) is 0 Å². The SMILES string of the molecule is COc1ccc(C(NC(=O)Cc2c[nH]c3ccccc23)C(=O)Nc2ccc3c(c2)OCO3)cc1. The summed E-state index contributed by atoms with van der Waals surface area (Å²) in [4.78, 5) is 29.5. The summed E-state index contributed by atoms with van der Waals surface area (Å²) in [5.41, 5.74) is 2.99. The number of hydrogen-bond acceptors (Lipinski definition) is 5. The maximum atomic E-state index is 13.3. The summed E-state index contributed by atoms with van der Waals surface area (Å²) in [5, 5.41) is 6.73. The number of carbonyl (C=O) groups excluding carboxylic acids is 2. The first-order valence-electron chi connectivity index (χ1n) is 10.8. The molecule has 2 amide bonds. The molecule has 5 rings (SSSR count). The number of H-pyrrole nitrogens is 1. The Morgan fingerprint density at radius 3 is 2.65 bits per heavy atom. The van der Waals surface area contributed by atoms with Gasteiger partial charge in [0.25, 0.3) is 5.91 Å². The highest BCUT2D eigenvalue weighted by Gasteiger charge is 2.24. The molecule has 0 fully saturated rings. The Hall–Kier alpha value is -4.46. The van der Waals surface area contributed by atoms with Crippen molar-refractivity contribution in [1.82, 2.24) is 10.3 Å². The number of para-hydroxylation sites is 1. The number of rotatable bonds is 7. The van der Waals surface area contributed by atoms with Gasteiger partial charge in [0.1, 0.15) is 11.8 Å². The number of anilines is 1. The zero-order chi connectivity index (χ0) is 23.5. The van der Waals surface area contributed by atoms with Gasteiger partial charge in [-0.3, -0.25) is 9.59 Å². The summed E-state index contributed by atoms with van der Waals surface area (Å²) in [6.45, 7) is 0.144. The third kappa shape index (κ3) is 4.38.